The van der Waals surface area contributed by atoms with Crippen LogP contribution in [0, 0.1) is 20.8 Å². The summed E-state index contributed by atoms with van der Waals surface area (Å²) < 4.78 is 0. The molecule has 0 unspecified atom stereocenters. The molecular weight excluding hydrogens is 605 g/mol. The van der Waals surface area contributed by atoms with Crippen molar-refractivity contribution in [2.45, 2.75) is 47.0 Å². The van der Waals surface area contributed by atoms with Gasteiger partial charge in [-0.25, -0.2) is 0 Å². The lowest BCUT2D eigenvalue weighted by molar-refractivity contribution is 0.590. The highest BCUT2D eigenvalue weighted by Crippen LogP contribution is 2.38. The fraction of sp³-hybridized carbons (Fsp3) is 0.167. The van der Waals surface area contributed by atoms with Gasteiger partial charge in [-0.2, -0.15) is 0 Å². The van der Waals surface area contributed by atoms with Gasteiger partial charge < -0.3 is 9.80 Å². The van der Waals surface area contributed by atoms with E-state index in [9.17, 15) is 0 Å². The Kier molecular flexibility index (Phi) is 10.2. The van der Waals surface area contributed by atoms with Gasteiger partial charge in [-0.1, -0.05) is 135 Å². The van der Waals surface area contributed by atoms with Crippen LogP contribution in [-0.2, 0) is 5.41 Å². The van der Waals surface area contributed by atoms with Crippen LogP contribution in [-0.4, -0.2) is 7.05 Å². The van der Waals surface area contributed by atoms with Gasteiger partial charge in [-0.3, -0.25) is 0 Å². The maximum Gasteiger partial charge on any atom is 0.0462 e. The normalized spacial score (nSPS) is 11.1. The first-order valence-corrected chi connectivity index (χ1v) is 17.5. The fourth-order valence-electron chi connectivity index (χ4n) is 6.31. The fourth-order valence-corrected chi connectivity index (χ4v) is 6.31. The highest BCUT2D eigenvalue weighted by Gasteiger charge is 2.17. The van der Waals surface area contributed by atoms with Crippen LogP contribution < -0.4 is 9.80 Å². The number of nitrogens with zero attached hydrogens (tertiary/aromatic N) is 2. The van der Waals surface area contributed by atoms with E-state index in [1.165, 1.54) is 55.5 Å². The Morgan fingerprint density at radius 2 is 0.840 bits per heavy atom. The standard InChI is InChI=1S/C34H33N.C14H15N/c1-24-10-17-28(18-11-24)35(30-21-15-27(16-22-30)34(3,4)5)29-19-13-26(14-20-29)32-23-12-25(2)31-8-6-7-9-33(31)32;1-12-8-10-14(11-9-12)15(2)13-6-4-3-5-7-13/h6-23H,1-5H3;3-11H,1-2H3. The summed E-state index contributed by atoms with van der Waals surface area (Å²) in [4.78, 5) is 4.52. The summed E-state index contributed by atoms with van der Waals surface area (Å²) >= 11 is 0. The van der Waals surface area contributed by atoms with Crippen molar-refractivity contribution in [1.82, 2.24) is 0 Å². The first-order chi connectivity index (χ1) is 24.1. The number of aryl methyl sites for hydroxylation is 3. The zero-order valence-corrected chi connectivity index (χ0v) is 30.5. The average Bonchev–Trinajstić information content (AvgIpc) is 3.14. The van der Waals surface area contributed by atoms with Crippen LogP contribution in [0.25, 0.3) is 21.9 Å². The van der Waals surface area contributed by atoms with E-state index >= 15 is 0 Å². The van der Waals surface area contributed by atoms with Gasteiger partial charge in [0.15, 0.2) is 0 Å². The van der Waals surface area contributed by atoms with Crippen molar-refractivity contribution in [3.8, 4) is 11.1 Å². The van der Waals surface area contributed by atoms with E-state index in [0.29, 0.717) is 0 Å². The predicted molar refractivity (Wildman–Crippen MR) is 218 cm³/mol. The lowest BCUT2D eigenvalue weighted by Gasteiger charge is -2.27. The molecule has 0 spiro atoms. The van der Waals surface area contributed by atoms with E-state index in [1.54, 1.807) is 0 Å². The molecule has 0 fully saturated rings. The quantitative estimate of drug-likeness (QED) is 0.176. The van der Waals surface area contributed by atoms with Gasteiger partial charge in [0, 0.05) is 35.5 Å². The second kappa shape index (κ2) is 14.9. The van der Waals surface area contributed by atoms with Crippen molar-refractivity contribution in [1.29, 1.82) is 0 Å². The Balaban J connectivity index is 0.000000240. The number of anilines is 5. The molecule has 250 valence electrons. The minimum Gasteiger partial charge on any atom is -0.345 e. The molecule has 0 radical (unpaired) electrons. The van der Waals surface area contributed by atoms with E-state index in [4.69, 9.17) is 0 Å². The third kappa shape index (κ3) is 7.82. The molecule has 0 aromatic heterocycles. The average molecular weight is 653 g/mol. The second-order valence-electron chi connectivity index (χ2n) is 14.2. The number of benzene rings is 7. The molecule has 0 saturated heterocycles. The molecule has 0 aliphatic heterocycles. The molecule has 0 atom stereocenters. The van der Waals surface area contributed by atoms with Crippen molar-refractivity contribution >= 4 is 39.2 Å². The van der Waals surface area contributed by atoms with Crippen molar-refractivity contribution < 1.29 is 0 Å². The zero-order chi connectivity index (χ0) is 35.3. The Hall–Kier alpha value is -5.60. The Bertz CT molecular complexity index is 2140. The summed E-state index contributed by atoms with van der Waals surface area (Å²) in [5, 5.41) is 2.61. The molecule has 0 aliphatic rings. The predicted octanol–water partition coefficient (Wildman–Crippen LogP) is 13.7. The van der Waals surface area contributed by atoms with Crippen LogP contribution >= 0.6 is 0 Å². The maximum atomic E-state index is 2.34. The lowest BCUT2D eigenvalue weighted by Crippen LogP contribution is -2.13. The number of rotatable bonds is 6. The monoisotopic (exact) mass is 652 g/mol. The summed E-state index contributed by atoms with van der Waals surface area (Å²) in [7, 11) is 2.08. The number of para-hydroxylation sites is 1. The molecule has 7 aromatic rings. The van der Waals surface area contributed by atoms with Crippen LogP contribution in [0.5, 0.6) is 0 Å². The molecule has 50 heavy (non-hydrogen) atoms. The highest BCUT2D eigenvalue weighted by atomic mass is 15.1. The molecule has 0 N–H and O–H groups in total. The molecule has 0 bridgehead atoms. The highest BCUT2D eigenvalue weighted by molar-refractivity contribution is 5.98. The van der Waals surface area contributed by atoms with Crippen molar-refractivity contribution in [2.24, 2.45) is 0 Å². The molecule has 0 amide bonds. The zero-order valence-electron chi connectivity index (χ0n) is 30.5. The molecule has 0 heterocycles. The molecule has 7 aromatic carbocycles. The van der Waals surface area contributed by atoms with Crippen molar-refractivity contribution in [3.05, 3.63) is 186 Å². The molecule has 0 aliphatic carbocycles. The largest absolute Gasteiger partial charge is 0.345 e. The van der Waals surface area contributed by atoms with E-state index in [0.717, 1.165) is 17.1 Å². The smallest absolute Gasteiger partial charge is 0.0462 e. The van der Waals surface area contributed by atoms with Crippen LogP contribution in [0.3, 0.4) is 0 Å². The molecule has 2 nitrogen and oxygen atoms in total. The van der Waals surface area contributed by atoms with Gasteiger partial charge in [0.1, 0.15) is 0 Å². The van der Waals surface area contributed by atoms with Gasteiger partial charge in [-0.15, -0.1) is 0 Å². The van der Waals surface area contributed by atoms with Crippen molar-refractivity contribution in [3.63, 3.8) is 0 Å². The minimum absolute atomic E-state index is 0.131. The summed E-state index contributed by atoms with van der Waals surface area (Å²) in [6, 6.07) is 58.8. The first kappa shape index (κ1) is 34.3. The topological polar surface area (TPSA) is 6.48 Å². The van der Waals surface area contributed by atoms with E-state index < -0.39 is 0 Å². The van der Waals surface area contributed by atoms with Crippen LogP contribution in [0.1, 0.15) is 43.0 Å². The Morgan fingerprint density at radius 3 is 1.38 bits per heavy atom. The van der Waals surface area contributed by atoms with Crippen LogP contribution in [0.15, 0.2) is 164 Å². The summed E-state index contributed by atoms with van der Waals surface area (Å²) in [5.41, 5.74) is 13.7. The Morgan fingerprint density at radius 1 is 0.400 bits per heavy atom. The number of hydrogen-bond acceptors (Lipinski definition) is 2. The number of hydrogen-bond donors (Lipinski definition) is 0. The van der Waals surface area contributed by atoms with Crippen LogP contribution in [0.4, 0.5) is 28.4 Å². The van der Waals surface area contributed by atoms with Gasteiger partial charge in [0.2, 0.25) is 0 Å². The summed E-state index contributed by atoms with van der Waals surface area (Å²) in [6.07, 6.45) is 0. The van der Waals surface area contributed by atoms with Gasteiger partial charge in [0.25, 0.3) is 0 Å². The Labute approximate surface area is 299 Å². The van der Waals surface area contributed by atoms with Gasteiger partial charge in [-0.05, 0) is 120 Å². The van der Waals surface area contributed by atoms with E-state index in [1.807, 2.05) is 6.07 Å². The number of fused-ring (bicyclic) bond motifs is 1. The second-order valence-corrected chi connectivity index (χ2v) is 14.2. The van der Waals surface area contributed by atoms with E-state index in [-0.39, 0.29) is 5.41 Å². The van der Waals surface area contributed by atoms with Crippen LogP contribution in [0.2, 0.25) is 0 Å². The first-order valence-electron chi connectivity index (χ1n) is 17.5. The summed E-state index contributed by atoms with van der Waals surface area (Å²) in [6.45, 7) is 13.2. The lowest BCUT2D eigenvalue weighted by atomic mass is 9.87. The molecule has 2 heteroatoms. The SMILES string of the molecule is Cc1ccc(N(C)c2ccccc2)cc1.Cc1ccc(N(c2ccc(-c3ccc(C)c4ccccc34)cc2)c2ccc(C(C)(C)C)cc2)cc1. The third-order valence-electron chi connectivity index (χ3n) is 9.43. The van der Waals surface area contributed by atoms with Gasteiger partial charge in [0.05, 0.1) is 0 Å². The molecular formula is C48H48N2. The van der Waals surface area contributed by atoms with Gasteiger partial charge >= 0.3 is 0 Å². The van der Waals surface area contributed by atoms with E-state index in [2.05, 4.69) is 216 Å². The third-order valence-corrected chi connectivity index (χ3v) is 9.43. The summed E-state index contributed by atoms with van der Waals surface area (Å²) in [5.74, 6) is 0. The maximum absolute atomic E-state index is 2.34. The molecule has 0 saturated carbocycles. The van der Waals surface area contributed by atoms with Crippen molar-refractivity contribution in [2.75, 3.05) is 16.8 Å². The molecule has 7 rings (SSSR count). The minimum atomic E-state index is 0.131.